The number of ether oxygens (including phenoxy) is 2. The SMILES string of the molecule is O=C(N/N=C\c1ccc(-c2ccc(C(=O)O)c(Cl)c2)o1)c1ccc2c(c1)OCO2. The van der Waals surface area contributed by atoms with E-state index in [-0.39, 0.29) is 17.4 Å². The Balaban J connectivity index is 1.42. The molecule has 2 heterocycles. The lowest BCUT2D eigenvalue weighted by Gasteiger charge is -2.02. The zero-order valence-corrected chi connectivity index (χ0v) is 15.5. The first-order valence-electron chi connectivity index (χ1n) is 8.37. The lowest BCUT2D eigenvalue weighted by molar-refractivity contribution is 0.0696. The number of nitrogens with one attached hydrogen (secondary N) is 1. The van der Waals surface area contributed by atoms with Crippen LogP contribution in [-0.4, -0.2) is 30.0 Å². The number of carbonyl (C=O) groups excluding carboxylic acids is 1. The summed E-state index contributed by atoms with van der Waals surface area (Å²) >= 11 is 5.98. The highest BCUT2D eigenvalue weighted by molar-refractivity contribution is 6.33. The Morgan fingerprint density at radius 3 is 2.69 bits per heavy atom. The quantitative estimate of drug-likeness (QED) is 0.487. The van der Waals surface area contributed by atoms with Crippen LogP contribution >= 0.6 is 11.6 Å². The molecule has 146 valence electrons. The van der Waals surface area contributed by atoms with Gasteiger partial charge in [-0.05, 0) is 42.5 Å². The molecule has 0 atom stereocenters. The Kier molecular flexibility index (Phi) is 4.92. The topological polar surface area (TPSA) is 110 Å². The van der Waals surface area contributed by atoms with Gasteiger partial charge in [0.05, 0.1) is 16.8 Å². The van der Waals surface area contributed by atoms with Crippen LogP contribution in [0, 0.1) is 0 Å². The van der Waals surface area contributed by atoms with Gasteiger partial charge in [-0.15, -0.1) is 0 Å². The first-order chi connectivity index (χ1) is 14.0. The molecule has 0 fully saturated rings. The lowest BCUT2D eigenvalue weighted by Crippen LogP contribution is -2.17. The number of nitrogens with zero attached hydrogens (tertiary/aromatic N) is 1. The van der Waals surface area contributed by atoms with Crippen LogP contribution in [0.1, 0.15) is 26.5 Å². The van der Waals surface area contributed by atoms with Crippen molar-refractivity contribution in [3.05, 3.63) is 70.4 Å². The van der Waals surface area contributed by atoms with Gasteiger partial charge in [0, 0.05) is 11.1 Å². The molecule has 0 aliphatic carbocycles. The highest BCUT2D eigenvalue weighted by atomic mass is 35.5. The molecule has 3 aromatic rings. The number of rotatable bonds is 5. The summed E-state index contributed by atoms with van der Waals surface area (Å²) < 4.78 is 16.1. The van der Waals surface area contributed by atoms with Crippen LogP contribution in [-0.2, 0) is 0 Å². The molecule has 4 rings (SSSR count). The molecule has 0 radical (unpaired) electrons. The molecule has 0 saturated carbocycles. The van der Waals surface area contributed by atoms with Gasteiger partial charge in [-0.3, -0.25) is 4.79 Å². The van der Waals surface area contributed by atoms with E-state index in [2.05, 4.69) is 10.5 Å². The van der Waals surface area contributed by atoms with E-state index in [1.165, 1.54) is 18.3 Å². The second kappa shape index (κ2) is 7.69. The first-order valence-corrected chi connectivity index (χ1v) is 8.75. The maximum Gasteiger partial charge on any atom is 0.337 e. The third-order valence-electron chi connectivity index (χ3n) is 4.10. The largest absolute Gasteiger partial charge is 0.478 e. The molecular formula is C20H13ClN2O6. The van der Waals surface area contributed by atoms with Crippen molar-refractivity contribution in [1.29, 1.82) is 0 Å². The third-order valence-corrected chi connectivity index (χ3v) is 4.42. The average Bonchev–Trinajstić information content (AvgIpc) is 3.36. The van der Waals surface area contributed by atoms with Crippen LogP contribution in [0.3, 0.4) is 0 Å². The summed E-state index contributed by atoms with van der Waals surface area (Å²) in [7, 11) is 0. The molecule has 1 aliphatic heterocycles. The zero-order chi connectivity index (χ0) is 20.4. The fourth-order valence-corrected chi connectivity index (χ4v) is 2.94. The average molecular weight is 413 g/mol. The summed E-state index contributed by atoms with van der Waals surface area (Å²) in [5.74, 6) is 0.445. The summed E-state index contributed by atoms with van der Waals surface area (Å²) in [5, 5.41) is 13.0. The maximum atomic E-state index is 12.2. The number of carboxylic acids is 1. The molecular weight excluding hydrogens is 400 g/mol. The number of amides is 1. The summed E-state index contributed by atoms with van der Waals surface area (Å²) in [6.07, 6.45) is 1.35. The van der Waals surface area contributed by atoms with E-state index in [4.69, 9.17) is 30.6 Å². The van der Waals surface area contributed by atoms with Crippen molar-refractivity contribution in [2.24, 2.45) is 5.10 Å². The maximum absolute atomic E-state index is 12.2. The monoisotopic (exact) mass is 412 g/mol. The highest BCUT2D eigenvalue weighted by Crippen LogP contribution is 2.32. The van der Waals surface area contributed by atoms with Gasteiger partial charge in [-0.1, -0.05) is 17.7 Å². The van der Waals surface area contributed by atoms with Gasteiger partial charge in [-0.2, -0.15) is 5.10 Å². The molecule has 9 heteroatoms. The molecule has 0 spiro atoms. The summed E-state index contributed by atoms with van der Waals surface area (Å²) in [5.41, 5.74) is 3.40. The van der Waals surface area contributed by atoms with Crippen molar-refractivity contribution in [1.82, 2.24) is 5.43 Å². The number of carbonyl (C=O) groups is 2. The smallest absolute Gasteiger partial charge is 0.337 e. The minimum Gasteiger partial charge on any atom is -0.478 e. The normalized spacial score (nSPS) is 12.3. The van der Waals surface area contributed by atoms with Crippen LogP contribution in [0.5, 0.6) is 11.5 Å². The van der Waals surface area contributed by atoms with Crippen molar-refractivity contribution in [3.63, 3.8) is 0 Å². The Labute approximate surface area is 169 Å². The van der Waals surface area contributed by atoms with Crippen LogP contribution in [0.4, 0.5) is 0 Å². The molecule has 1 aliphatic rings. The van der Waals surface area contributed by atoms with Crippen LogP contribution in [0.2, 0.25) is 5.02 Å². The number of fused-ring (bicyclic) bond motifs is 1. The molecule has 8 nitrogen and oxygen atoms in total. The van der Waals surface area contributed by atoms with E-state index in [0.717, 1.165) is 0 Å². The Bertz CT molecular complexity index is 1140. The summed E-state index contributed by atoms with van der Waals surface area (Å²) in [6.45, 7) is 0.129. The van der Waals surface area contributed by atoms with Gasteiger partial charge in [-0.25, -0.2) is 10.2 Å². The molecule has 1 aromatic heterocycles. The van der Waals surface area contributed by atoms with E-state index >= 15 is 0 Å². The van der Waals surface area contributed by atoms with Crippen molar-refractivity contribution in [3.8, 4) is 22.8 Å². The van der Waals surface area contributed by atoms with Gasteiger partial charge in [0.25, 0.3) is 5.91 Å². The van der Waals surface area contributed by atoms with Crippen molar-refractivity contribution < 1.29 is 28.6 Å². The predicted molar refractivity (Wildman–Crippen MR) is 104 cm³/mol. The minimum absolute atomic E-state index is 0.00925. The number of aromatic carboxylic acids is 1. The van der Waals surface area contributed by atoms with Gasteiger partial charge in [0.15, 0.2) is 11.5 Å². The fraction of sp³-hybridized carbons (Fsp3) is 0.0500. The number of hydrogen-bond donors (Lipinski definition) is 2. The molecule has 2 N–H and O–H groups in total. The van der Waals surface area contributed by atoms with Crippen LogP contribution < -0.4 is 14.9 Å². The molecule has 1 amide bonds. The number of furan rings is 1. The van der Waals surface area contributed by atoms with Gasteiger partial charge in [0.1, 0.15) is 11.5 Å². The van der Waals surface area contributed by atoms with Crippen LogP contribution in [0.25, 0.3) is 11.3 Å². The second-order valence-electron chi connectivity index (χ2n) is 5.97. The number of benzene rings is 2. The molecule has 0 unspecified atom stereocenters. The van der Waals surface area contributed by atoms with Gasteiger partial charge < -0.3 is 19.0 Å². The molecule has 0 saturated heterocycles. The standard InChI is InChI=1S/C20H13ClN2O6/c21-15-7-11(1-4-14(15)20(25)26)16-6-3-13(29-16)9-22-23-19(24)12-2-5-17-18(8-12)28-10-27-17/h1-9H,10H2,(H,23,24)(H,25,26)/b22-9-. The summed E-state index contributed by atoms with van der Waals surface area (Å²) in [4.78, 5) is 23.2. The number of carboxylic acid groups (broad SMARTS) is 1. The van der Waals surface area contributed by atoms with Gasteiger partial charge in [0.2, 0.25) is 6.79 Å². The Morgan fingerprint density at radius 2 is 1.90 bits per heavy atom. The lowest BCUT2D eigenvalue weighted by atomic mass is 10.1. The van der Waals surface area contributed by atoms with Gasteiger partial charge >= 0.3 is 5.97 Å². The predicted octanol–water partition coefficient (Wildman–Crippen LogP) is 3.79. The van der Waals surface area contributed by atoms with E-state index in [0.29, 0.717) is 34.1 Å². The summed E-state index contributed by atoms with van der Waals surface area (Å²) in [6, 6.07) is 12.7. The second-order valence-corrected chi connectivity index (χ2v) is 6.38. The Hall–Kier alpha value is -3.78. The Morgan fingerprint density at radius 1 is 1.07 bits per heavy atom. The number of halogens is 1. The molecule has 0 bridgehead atoms. The minimum atomic E-state index is -1.10. The molecule has 29 heavy (non-hydrogen) atoms. The highest BCUT2D eigenvalue weighted by Gasteiger charge is 2.16. The van der Waals surface area contributed by atoms with Crippen molar-refractivity contribution in [2.45, 2.75) is 0 Å². The number of hydrazone groups is 1. The van der Waals surface area contributed by atoms with Crippen LogP contribution in [0.15, 0.2) is 58.0 Å². The zero-order valence-electron chi connectivity index (χ0n) is 14.7. The fourth-order valence-electron chi connectivity index (χ4n) is 2.68. The van der Waals surface area contributed by atoms with Crippen molar-refractivity contribution in [2.75, 3.05) is 6.79 Å². The first kappa shape index (κ1) is 18.6. The van der Waals surface area contributed by atoms with E-state index < -0.39 is 11.9 Å². The number of hydrogen-bond acceptors (Lipinski definition) is 6. The van der Waals surface area contributed by atoms with E-state index in [1.54, 1.807) is 36.4 Å². The van der Waals surface area contributed by atoms with E-state index in [1.807, 2.05) is 0 Å². The van der Waals surface area contributed by atoms with E-state index in [9.17, 15) is 9.59 Å². The third kappa shape index (κ3) is 3.92. The van der Waals surface area contributed by atoms with Crippen molar-refractivity contribution >= 4 is 29.7 Å². The molecule has 2 aromatic carbocycles.